The topological polar surface area (TPSA) is 38.5 Å². The largest absolute Gasteiger partial charge is 0.456 e. The van der Waals surface area contributed by atoms with E-state index in [0.717, 1.165) is 41.9 Å². The number of hydrogen-bond acceptors (Lipinski definition) is 4. The molecular weight excluding hydrogens is 276 g/mol. The number of rotatable bonds is 4. The number of fused-ring (bicyclic) bond motifs is 1. The van der Waals surface area contributed by atoms with Crippen molar-refractivity contribution in [2.24, 2.45) is 0 Å². The third-order valence-electron chi connectivity index (χ3n) is 4.19. The molecule has 1 aliphatic heterocycles. The fraction of sp³-hybridized carbons (Fsp3) is 0.278. The van der Waals surface area contributed by atoms with Crippen molar-refractivity contribution < 1.29 is 9.15 Å². The van der Waals surface area contributed by atoms with E-state index in [9.17, 15) is 0 Å². The first-order chi connectivity index (χ1) is 10.8. The Labute approximate surface area is 129 Å². The highest BCUT2D eigenvalue weighted by Gasteiger charge is 2.26. The van der Waals surface area contributed by atoms with E-state index in [1.165, 1.54) is 5.56 Å². The number of nitrogens with zero attached hydrogens (tertiary/aromatic N) is 2. The number of benzene rings is 1. The van der Waals surface area contributed by atoms with Gasteiger partial charge < -0.3 is 9.15 Å². The molecule has 2 aromatic heterocycles. The van der Waals surface area contributed by atoms with Gasteiger partial charge in [0.1, 0.15) is 11.3 Å². The van der Waals surface area contributed by atoms with Crippen LogP contribution in [-0.4, -0.2) is 36.2 Å². The molecule has 1 saturated heterocycles. The molecule has 4 rings (SSSR count). The maximum atomic E-state index is 5.92. The van der Waals surface area contributed by atoms with Crippen LogP contribution in [0.3, 0.4) is 0 Å². The molecule has 4 nitrogen and oxygen atoms in total. The number of furan rings is 1. The molecular formula is C18H18N2O2. The van der Waals surface area contributed by atoms with Crippen molar-refractivity contribution in [3.05, 3.63) is 54.4 Å². The van der Waals surface area contributed by atoms with Crippen LogP contribution in [0.1, 0.15) is 5.56 Å². The van der Waals surface area contributed by atoms with Gasteiger partial charge in [0.2, 0.25) is 0 Å². The normalized spacial score (nSPS) is 16.0. The van der Waals surface area contributed by atoms with Crippen LogP contribution in [0.25, 0.3) is 22.3 Å². The first kappa shape index (κ1) is 13.5. The van der Waals surface area contributed by atoms with Crippen molar-refractivity contribution in [1.29, 1.82) is 0 Å². The molecule has 0 saturated carbocycles. The van der Waals surface area contributed by atoms with E-state index in [1.54, 1.807) is 13.3 Å². The highest BCUT2D eigenvalue weighted by molar-refractivity contribution is 5.83. The summed E-state index contributed by atoms with van der Waals surface area (Å²) in [6.07, 6.45) is 3.99. The van der Waals surface area contributed by atoms with E-state index in [0.29, 0.717) is 6.10 Å². The lowest BCUT2D eigenvalue weighted by Crippen LogP contribution is -2.50. The van der Waals surface area contributed by atoms with Gasteiger partial charge in [-0.05, 0) is 35.9 Å². The molecule has 22 heavy (non-hydrogen) atoms. The summed E-state index contributed by atoms with van der Waals surface area (Å²) in [5.41, 5.74) is 3.23. The lowest BCUT2D eigenvalue weighted by molar-refractivity contribution is -0.0333. The quantitative estimate of drug-likeness (QED) is 0.740. The Morgan fingerprint density at radius 3 is 2.95 bits per heavy atom. The lowest BCUT2D eigenvalue weighted by atomic mass is 10.1. The van der Waals surface area contributed by atoms with Crippen molar-refractivity contribution >= 4 is 11.0 Å². The van der Waals surface area contributed by atoms with E-state index in [-0.39, 0.29) is 0 Å². The van der Waals surface area contributed by atoms with E-state index >= 15 is 0 Å². The number of hydrogen-bond donors (Lipinski definition) is 0. The maximum absolute atomic E-state index is 5.92. The van der Waals surface area contributed by atoms with Gasteiger partial charge in [0.05, 0.1) is 6.10 Å². The number of likely N-dealkylation sites (tertiary alicyclic amines) is 1. The molecule has 3 heterocycles. The smallest absolute Gasteiger partial charge is 0.136 e. The summed E-state index contributed by atoms with van der Waals surface area (Å²) >= 11 is 0. The fourth-order valence-corrected chi connectivity index (χ4v) is 2.90. The van der Waals surface area contributed by atoms with Gasteiger partial charge in [-0.25, -0.2) is 0 Å². The minimum atomic E-state index is 0.398. The van der Waals surface area contributed by atoms with Gasteiger partial charge in [-0.15, -0.1) is 0 Å². The van der Waals surface area contributed by atoms with E-state index in [4.69, 9.17) is 9.15 Å². The molecule has 0 bridgehead atoms. The lowest BCUT2D eigenvalue weighted by Gasteiger charge is -2.38. The van der Waals surface area contributed by atoms with Crippen LogP contribution in [-0.2, 0) is 11.3 Å². The second kappa shape index (κ2) is 5.55. The molecule has 0 N–H and O–H groups in total. The average molecular weight is 294 g/mol. The van der Waals surface area contributed by atoms with Crippen LogP contribution in [0, 0.1) is 0 Å². The molecule has 0 amide bonds. The van der Waals surface area contributed by atoms with Crippen molar-refractivity contribution in [1.82, 2.24) is 9.88 Å². The van der Waals surface area contributed by atoms with Gasteiger partial charge in [-0.3, -0.25) is 9.88 Å². The fourth-order valence-electron chi connectivity index (χ4n) is 2.90. The Kier molecular flexibility index (Phi) is 3.41. The standard InChI is InChI=1S/C18H18N2O2/c1-21-16-11-20(12-16)10-13-4-5-17-15(7-13)8-18(22-17)14-3-2-6-19-9-14/h2-9,16H,10-12H2,1H3. The zero-order valence-corrected chi connectivity index (χ0v) is 12.5. The third-order valence-corrected chi connectivity index (χ3v) is 4.19. The van der Waals surface area contributed by atoms with Crippen LogP contribution < -0.4 is 0 Å². The van der Waals surface area contributed by atoms with Gasteiger partial charge in [0, 0.05) is 50.1 Å². The molecule has 0 spiro atoms. The minimum Gasteiger partial charge on any atom is -0.456 e. The molecule has 112 valence electrons. The van der Waals surface area contributed by atoms with Gasteiger partial charge in [-0.1, -0.05) is 6.07 Å². The first-order valence-corrected chi connectivity index (χ1v) is 7.50. The van der Waals surface area contributed by atoms with Crippen molar-refractivity contribution in [3.63, 3.8) is 0 Å². The predicted molar refractivity (Wildman–Crippen MR) is 85.5 cm³/mol. The van der Waals surface area contributed by atoms with Gasteiger partial charge in [0.25, 0.3) is 0 Å². The SMILES string of the molecule is COC1CN(Cc2ccc3oc(-c4cccnc4)cc3c2)C1. The number of methoxy groups -OCH3 is 1. The van der Waals surface area contributed by atoms with Crippen LogP contribution in [0.2, 0.25) is 0 Å². The summed E-state index contributed by atoms with van der Waals surface area (Å²) in [6, 6.07) is 12.4. The molecule has 0 unspecified atom stereocenters. The predicted octanol–water partition coefficient (Wildman–Crippen LogP) is 3.33. The first-order valence-electron chi connectivity index (χ1n) is 7.50. The number of ether oxygens (including phenoxy) is 1. The summed E-state index contributed by atoms with van der Waals surface area (Å²) in [4.78, 5) is 6.53. The molecule has 4 heteroatoms. The Bertz CT molecular complexity index is 776. The average Bonchev–Trinajstić information content (AvgIpc) is 2.94. The van der Waals surface area contributed by atoms with Crippen molar-refractivity contribution in [2.75, 3.05) is 20.2 Å². The van der Waals surface area contributed by atoms with Crippen LogP contribution in [0.5, 0.6) is 0 Å². The summed E-state index contributed by atoms with van der Waals surface area (Å²) in [5.74, 6) is 0.864. The highest BCUT2D eigenvalue weighted by Crippen LogP contribution is 2.28. The number of pyridine rings is 1. The van der Waals surface area contributed by atoms with E-state index in [2.05, 4.69) is 34.1 Å². The van der Waals surface area contributed by atoms with Crippen molar-refractivity contribution in [3.8, 4) is 11.3 Å². The van der Waals surface area contributed by atoms with Gasteiger partial charge in [-0.2, -0.15) is 0 Å². The molecule has 1 fully saturated rings. The summed E-state index contributed by atoms with van der Waals surface area (Å²) < 4.78 is 11.2. The Hall–Kier alpha value is -2.17. The van der Waals surface area contributed by atoms with Crippen LogP contribution in [0.4, 0.5) is 0 Å². The maximum Gasteiger partial charge on any atom is 0.136 e. The number of aromatic nitrogens is 1. The molecule has 1 aliphatic rings. The highest BCUT2D eigenvalue weighted by atomic mass is 16.5. The monoisotopic (exact) mass is 294 g/mol. The zero-order chi connectivity index (χ0) is 14.9. The third kappa shape index (κ3) is 2.51. The summed E-state index contributed by atoms with van der Waals surface area (Å²) in [6.45, 7) is 2.99. The van der Waals surface area contributed by atoms with Gasteiger partial charge >= 0.3 is 0 Å². The van der Waals surface area contributed by atoms with Crippen LogP contribution in [0.15, 0.2) is 53.2 Å². The Balaban J connectivity index is 1.56. The minimum absolute atomic E-state index is 0.398. The Morgan fingerprint density at radius 2 is 2.18 bits per heavy atom. The molecule has 1 aromatic carbocycles. The Morgan fingerprint density at radius 1 is 1.27 bits per heavy atom. The second-order valence-corrected chi connectivity index (χ2v) is 5.78. The molecule has 0 atom stereocenters. The summed E-state index contributed by atoms with van der Waals surface area (Å²) in [7, 11) is 1.78. The molecule has 3 aromatic rings. The summed E-state index contributed by atoms with van der Waals surface area (Å²) in [5, 5.41) is 1.14. The molecule has 0 radical (unpaired) electrons. The van der Waals surface area contributed by atoms with Gasteiger partial charge in [0.15, 0.2) is 0 Å². The second-order valence-electron chi connectivity index (χ2n) is 5.78. The van der Waals surface area contributed by atoms with E-state index in [1.807, 2.05) is 18.3 Å². The van der Waals surface area contributed by atoms with Crippen LogP contribution >= 0.6 is 0 Å². The molecule has 0 aliphatic carbocycles. The van der Waals surface area contributed by atoms with Crippen molar-refractivity contribution in [2.45, 2.75) is 12.6 Å². The van der Waals surface area contributed by atoms with E-state index < -0.39 is 0 Å². The zero-order valence-electron chi connectivity index (χ0n) is 12.5.